The summed E-state index contributed by atoms with van der Waals surface area (Å²) in [4.78, 5) is 43.9. The number of nitrogens with one attached hydrogen (secondary N) is 1. The number of para-hydroxylation sites is 1. The Bertz CT molecular complexity index is 1360. The highest BCUT2D eigenvalue weighted by atomic mass is 16.5. The molecule has 7 heteroatoms. The van der Waals surface area contributed by atoms with Gasteiger partial charge in [0.1, 0.15) is 11.8 Å². The third-order valence-electron chi connectivity index (χ3n) is 8.91. The lowest BCUT2D eigenvalue weighted by molar-refractivity contribution is -0.147. The van der Waals surface area contributed by atoms with Crippen molar-refractivity contribution in [2.24, 2.45) is 11.8 Å². The molecule has 0 bridgehead atoms. The summed E-state index contributed by atoms with van der Waals surface area (Å²) in [5.74, 6) is -1.04. The van der Waals surface area contributed by atoms with Crippen molar-refractivity contribution in [1.82, 2.24) is 10.2 Å². The van der Waals surface area contributed by atoms with Crippen LogP contribution in [0.1, 0.15) is 67.2 Å². The number of rotatable bonds is 10. The first kappa shape index (κ1) is 29.4. The predicted octanol–water partition coefficient (Wildman–Crippen LogP) is 5.81. The van der Waals surface area contributed by atoms with E-state index in [-0.39, 0.29) is 18.4 Å². The molecular weight excluding hydrogens is 528 g/mol. The second kappa shape index (κ2) is 13.7. The van der Waals surface area contributed by atoms with Gasteiger partial charge >= 0.3 is 5.97 Å². The summed E-state index contributed by atoms with van der Waals surface area (Å²) in [7, 11) is 2.97. The van der Waals surface area contributed by atoms with Gasteiger partial charge in [0.15, 0.2) is 0 Å². The number of carbonyl (C=O) groups is 3. The Morgan fingerprint density at radius 3 is 2.10 bits per heavy atom. The van der Waals surface area contributed by atoms with E-state index in [2.05, 4.69) is 5.32 Å². The largest absolute Gasteiger partial charge is 0.496 e. The molecule has 0 spiro atoms. The number of hydrogen-bond donors (Lipinski definition) is 1. The summed E-state index contributed by atoms with van der Waals surface area (Å²) in [5, 5.41) is 3.08. The van der Waals surface area contributed by atoms with E-state index < -0.39 is 29.9 Å². The minimum Gasteiger partial charge on any atom is -0.496 e. The smallest absolute Gasteiger partial charge is 0.311 e. The van der Waals surface area contributed by atoms with E-state index in [1.807, 2.05) is 84.9 Å². The number of amides is 2. The number of benzene rings is 3. The zero-order chi connectivity index (χ0) is 29.5. The molecule has 7 nitrogen and oxygen atoms in total. The van der Waals surface area contributed by atoms with Crippen LogP contribution in [0.4, 0.5) is 0 Å². The van der Waals surface area contributed by atoms with Gasteiger partial charge in [0.2, 0.25) is 11.8 Å². The highest BCUT2D eigenvalue weighted by Gasteiger charge is 2.57. The monoisotopic (exact) mass is 568 g/mol. The van der Waals surface area contributed by atoms with Crippen LogP contribution in [0.25, 0.3) is 0 Å². The molecule has 1 saturated heterocycles. The van der Waals surface area contributed by atoms with E-state index in [1.165, 1.54) is 20.0 Å². The summed E-state index contributed by atoms with van der Waals surface area (Å²) in [6, 6.07) is 25.1. The van der Waals surface area contributed by atoms with Crippen LogP contribution in [0, 0.1) is 11.8 Å². The number of carbonyl (C=O) groups excluding carboxylic acids is 3. The van der Waals surface area contributed by atoms with E-state index in [0.717, 1.165) is 36.0 Å². The number of nitrogens with zero attached hydrogens (tertiary/aromatic N) is 1. The molecule has 3 aromatic carbocycles. The molecule has 0 radical (unpaired) electrons. The Morgan fingerprint density at radius 2 is 1.45 bits per heavy atom. The molecule has 2 fully saturated rings. The van der Waals surface area contributed by atoms with Gasteiger partial charge in [0.05, 0.1) is 26.2 Å². The molecule has 2 amide bonds. The van der Waals surface area contributed by atoms with Crippen molar-refractivity contribution in [2.75, 3.05) is 14.2 Å². The summed E-state index contributed by atoms with van der Waals surface area (Å²) < 4.78 is 10.9. The molecule has 1 heterocycles. The molecule has 1 aliphatic heterocycles. The van der Waals surface area contributed by atoms with E-state index in [9.17, 15) is 14.4 Å². The predicted molar refractivity (Wildman–Crippen MR) is 161 cm³/mol. The fourth-order valence-corrected chi connectivity index (χ4v) is 6.90. The molecule has 5 rings (SSSR count). The van der Waals surface area contributed by atoms with Crippen molar-refractivity contribution in [1.29, 1.82) is 0 Å². The Hall–Kier alpha value is -4.13. The van der Waals surface area contributed by atoms with Crippen LogP contribution in [-0.2, 0) is 25.7 Å². The number of esters is 1. The molecule has 0 aromatic heterocycles. The van der Waals surface area contributed by atoms with Gasteiger partial charge < -0.3 is 19.7 Å². The highest BCUT2D eigenvalue weighted by Crippen LogP contribution is 2.51. The Balaban J connectivity index is 1.57. The molecule has 42 heavy (non-hydrogen) atoms. The van der Waals surface area contributed by atoms with Crippen LogP contribution in [0.5, 0.6) is 5.75 Å². The quantitative estimate of drug-likeness (QED) is 0.312. The maximum atomic E-state index is 14.3. The number of likely N-dealkylation sites (tertiary alicyclic amines) is 1. The molecule has 1 saturated carbocycles. The zero-order valence-corrected chi connectivity index (χ0v) is 24.4. The second-order valence-electron chi connectivity index (χ2n) is 11.3. The second-order valence-corrected chi connectivity index (χ2v) is 11.3. The van der Waals surface area contributed by atoms with Crippen LogP contribution in [0.2, 0.25) is 0 Å². The number of hydrogen-bond acceptors (Lipinski definition) is 5. The SMILES string of the molecule is COC(=O)C1C(c2ccccc2)C(C(=O)NCc2ccccc2OC)N(C(=O)CCC2CCCC2)C1c1ccccc1. The van der Waals surface area contributed by atoms with Gasteiger partial charge in [0, 0.05) is 24.4 Å². The normalized spacial score (nSPS) is 22.1. The van der Waals surface area contributed by atoms with Crippen LogP contribution >= 0.6 is 0 Å². The van der Waals surface area contributed by atoms with Crippen LogP contribution in [-0.4, -0.2) is 42.9 Å². The maximum Gasteiger partial charge on any atom is 0.311 e. The lowest BCUT2D eigenvalue weighted by Gasteiger charge is -2.32. The van der Waals surface area contributed by atoms with Crippen LogP contribution < -0.4 is 10.1 Å². The van der Waals surface area contributed by atoms with E-state index in [1.54, 1.807) is 12.0 Å². The van der Waals surface area contributed by atoms with Gasteiger partial charge in [-0.15, -0.1) is 0 Å². The average Bonchev–Trinajstić information content (AvgIpc) is 3.70. The molecule has 1 N–H and O–H groups in total. The molecule has 4 atom stereocenters. The Kier molecular flexibility index (Phi) is 9.57. The number of methoxy groups -OCH3 is 2. The van der Waals surface area contributed by atoms with Crippen LogP contribution in [0.3, 0.4) is 0 Å². The molecular formula is C35H40N2O5. The third kappa shape index (κ3) is 6.20. The lowest BCUT2D eigenvalue weighted by atomic mass is 9.80. The fourth-order valence-electron chi connectivity index (χ4n) is 6.90. The topological polar surface area (TPSA) is 84.9 Å². The van der Waals surface area contributed by atoms with Crippen LogP contribution in [0.15, 0.2) is 84.9 Å². The zero-order valence-electron chi connectivity index (χ0n) is 24.4. The number of ether oxygens (including phenoxy) is 2. The van der Waals surface area contributed by atoms with Gasteiger partial charge in [-0.2, -0.15) is 0 Å². The first-order valence-corrected chi connectivity index (χ1v) is 14.9. The fraction of sp³-hybridized carbons (Fsp3) is 0.400. The van der Waals surface area contributed by atoms with E-state index in [0.29, 0.717) is 18.1 Å². The van der Waals surface area contributed by atoms with Crippen molar-refractivity contribution < 1.29 is 23.9 Å². The summed E-state index contributed by atoms with van der Waals surface area (Å²) in [6.07, 6.45) is 5.78. The van der Waals surface area contributed by atoms with Gasteiger partial charge in [-0.25, -0.2) is 0 Å². The van der Waals surface area contributed by atoms with Gasteiger partial charge in [-0.05, 0) is 29.5 Å². The molecule has 4 unspecified atom stereocenters. The standard InChI is InChI=1S/C35H40N2O5/c1-41-28-20-12-11-19-27(28)23-36-34(39)33-30(25-15-5-3-6-16-25)31(35(40)42-2)32(26-17-7-4-8-18-26)37(33)29(38)22-21-24-13-9-10-14-24/h3-8,11-12,15-20,24,30-33H,9-10,13-14,21-23H2,1-2H3,(H,36,39). The lowest BCUT2D eigenvalue weighted by Crippen LogP contribution is -2.48. The first-order valence-electron chi connectivity index (χ1n) is 14.9. The minimum atomic E-state index is -0.910. The summed E-state index contributed by atoms with van der Waals surface area (Å²) in [6.45, 7) is 0.226. The van der Waals surface area contributed by atoms with Gasteiger partial charge in [-0.1, -0.05) is 105 Å². The van der Waals surface area contributed by atoms with Crippen molar-refractivity contribution in [3.8, 4) is 5.75 Å². The average molecular weight is 569 g/mol. The van der Waals surface area contributed by atoms with Crippen molar-refractivity contribution in [3.05, 3.63) is 102 Å². The Morgan fingerprint density at radius 1 is 0.833 bits per heavy atom. The molecule has 1 aliphatic carbocycles. The minimum absolute atomic E-state index is 0.111. The van der Waals surface area contributed by atoms with Gasteiger partial charge in [-0.3, -0.25) is 14.4 Å². The van der Waals surface area contributed by atoms with Crippen molar-refractivity contribution in [2.45, 2.75) is 63.1 Å². The Labute approximate surface area is 248 Å². The van der Waals surface area contributed by atoms with E-state index in [4.69, 9.17) is 9.47 Å². The van der Waals surface area contributed by atoms with Crippen molar-refractivity contribution in [3.63, 3.8) is 0 Å². The van der Waals surface area contributed by atoms with Gasteiger partial charge in [0.25, 0.3) is 0 Å². The third-order valence-corrected chi connectivity index (χ3v) is 8.91. The molecule has 220 valence electrons. The highest BCUT2D eigenvalue weighted by molar-refractivity contribution is 5.92. The maximum absolute atomic E-state index is 14.3. The molecule has 3 aromatic rings. The van der Waals surface area contributed by atoms with Crippen molar-refractivity contribution >= 4 is 17.8 Å². The van der Waals surface area contributed by atoms with E-state index >= 15 is 0 Å². The molecule has 2 aliphatic rings. The summed E-state index contributed by atoms with van der Waals surface area (Å²) >= 11 is 0. The summed E-state index contributed by atoms with van der Waals surface area (Å²) in [5.41, 5.74) is 2.45. The first-order chi connectivity index (χ1) is 20.5.